The number of benzene rings is 2. The van der Waals surface area contributed by atoms with E-state index < -0.39 is 27.7 Å². The molecule has 1 aliphatic rings. The largest absolute Gasteiger partial charge is 0.416 e. The number of carbonyl (C=O) groups is 1. The fourth-order valence-corrected chi connectivity index (χ4v) is 3.47. The van der Waals surface area contributed by atoms with Crippen molar-refractivity contribution in [1.29, 1.82) is 0 Å². The number of hydrogen-bond acceptors (Lipinski definition) is 3. The quantitative estimate of drug-likeness (QED) is 0.804. The Morgan fingerprint density at radius 1 is 1.07 bits per heavy atom. The summed E-state index contributed by atoms with van der Waals surface area (Å²) in [7, 11) is -3.72. The number of halogens is 3. The van der Waals surface area contributed by atoms with Crippen molar-refractivity contribution in [3.05, 3.63) is 59.7 Å². The topological polar surface area (TPSA) is 75.3 Å². The minimum Gasteiger partial charge on any atom is -0.324 e. The predicted molar refractivity (Wildman–Crippen MR) is 95.8 cm³/mol. The number of anilines is 2. The van der Waals surface area contributed by atoms with E-state index in [4.69, 9.17) is 0 Å². The molecular formula is C18H17F3N2O3S. The Balaban J connectivity index is 1.83. The van der Waals surface area contributed by atoms with Gasteiger partial charge in [-0.2, -0.15) is 13.2 Å². The average Bonchev–Trinajstić information content (AvgIpc) is 3.36. The van der Waals surface area contributed by atoms with E-state index >= 15 is 0 Å². The fraction of sp³-hybridized carbons (Fsp3) is 0.278. The molecule has 0 heterocycles. The highest BCUT2D eigenvalue weighted by molar-refractivity contribution is 7.92. The lowest BCUT2D eigenvalue weighted by Crippen LogP contribution is -2.18. The molecule has 3 rings (SSSR count). The Bertz CT molecular complexity index is 960. The minimum atomic E-state index is -4.62. The monoisotopic (exact) mass is 398 g/mol. The molecule has 5 nitrogen and oxygen atoms in total. The maximum atomic E-state index is 13.0. The Morgan fingerprint density at radius 2 is 1.74 bits per heavy atom. The number of carbonyl (C=O) groups excluding carboxylic acids is 1. The van der Waals surface area contributed by atoms with Crippen molar-refractivity contribution < 1.29 is 26.4 Å². The summed E-state index contributed by atoms with van der Waals surface area (Å²) in [5.41, 5.74) is -0.335. The maximum Gasteiger partial charge on any atom is 0.416 e. The average molecular weight is 398 g/mol. The van der Waals surface area contributed by atoms with Crippen LogP contribution < -0.4 is 10.0 Å². The van der Waals surface area contributed by atoms with Gasteiger partial charge in [0.1, 0.15) is 0 Å². The van der Waals surface area contributed by atoms with E-state index in [9.17, 15) is 26.4 Å². The van der Waals surface area contributed by atoms with Gasteiger partial charge in [-0.1, -0.05) is 30.3 Å². The minimum absolute atomic E-state index is 0.00307. The van der Waals surface area contributed by atoms with Gasteiger partial charge in [-0.3, -0.25) is 9.52 Å². The zero-order valence-corrected chi connectivity index (χ0v) is 15.1. The van der Waals surface area contributed by atoms with Crippen molar-refractivity contribution in [1.82, 2.24) is 0 Å². The molecule has 1 amide bonds. The van der Waals surface area contributed by atoms with E-state index in [1.807, 2.05) is 30.3 Å². The Morgan fingerprint density at radius 3 is 2.33 bits per heavy atom. The molecule has 0 aromatic heterocycles. The molecule has 1 fully saturated rings. The number of nitrogens with one attached hydrogen (secondary N) is 2. The zero-order valence-electron chi connectivity index (χ0n) is 14.2. The van der Waals surface area contributed by atoms with Crippen LogP contribution in [0.4, 0.5) is 24.5 Å². The highest BCUT2D eigenvalue weighted by Gasteiger charge is 2.44. The van der Waals surface area contributed by atoms with Gasteiger partial charge >= 0.3 is 6.18 Å². The molecule has 2 atom stereocenters. The molecular weight excluding hydrogens is 381 g/mol. The second-order valence-corrected chi connectivity index (χ2v) is 8.23. The smallest absolute Gasteiger partial charge is 0.324 e. The molecule has 0 radical (unpaired) electrons. The summed E-state index contributed by atoms with van der Waals surface area (Å²) in [6.45, 7) is 0. The van der Waals surface area contributed by atoms with Gasteiger partial charge in [-0.25, -0.2) is 8.42 Å². The highest BCUT2D eigenvalue weighted by Crippen LogP contribution is 2.48. The van der Waals surface area contributed by atoms with Crippen LogP contribution in [0.1, 0.15) is 23.5 Å². The van der Waals surface area contributed by atoms with Gasteiger partial charge in [-0.15, -0.1) is 0 Å². The second-order valence-electron chi connectivity index (χ2n) is 6.48. The molecule has 0 unspecified atom stereocenters. The van der Waals surface area contributed by atoms with Crippen LogP contribution in [0.25, 0.3) is 0 Å². The van der Waals surface area contributed by atoms with E-state index in [1.54, 1.807) is 0 Å². The lowest BCUT2D eigenvalue weighted by atomic mass is 10.1. The molecule has 1 saturated carbocycles. The lowest BCUT2D eigenvalue weighted by Gasteiger charge is -2.15. The summed E-state index contributed by atoms with van der Waals surface area (Å²) in [6, 6.07) is 11.8. The summed E-state index contributed by atoms with van der Waals surface area (Å²) in [4.78, 5) is 12.5. The number of amides is 1. The highest BCUT2D eigenvalue weighted by atomic mass is 32.2. The van der Waals surface area contributed by atoms with Gasteiger partial charge in [0.15, 0.2) is 0 Å². The first kappa shape index (κ1) is 19.2. The van der Waals surface area contributed by atoms with E-state index in [1.165, 1.54) is 0 Å². The van der Waals surface area contributed by atoms with Gasteiger partial charge in [0.05, 0.1) is 23.2 Å². The van der Waals surface area contributed by atoms with Crippen LogP contribution in [0, 0.1) is 5.92 Å². The summed E-state index contributed by atoms with van der Waals surface area (Å²) in [6.07, 6.45) is -3.15. The van der Waals surface area contributed by atoms with Crippen LogP contribution in [0.5, 0.6) is 0 Å². The molecule has 0 aliphatic heterocycles. The first-order valence-electron chi connectivity index (χ1n) is 8.09. The van der Waals surface area contributed by atoms with E-state index in [-0.39, 0.29) is 23.2 Å². The molecule has 0 bridgehead atoms. The molecule has 27 heavy (non-hydrogen) atoms. The molecule has 0 saturated heterocycles. The fourth-order valence-electron chi connectivity index (χ4n) is 2.89. The normalized spacial score (nSPS) is 19.4. The van der Waals surface area contributed by atoms with Gasteiger partial charge in [0, 0.05) is 5.92 Å². The molecule has 144 valence electrons. The number of sulfonamides is 1. The second kappa shape index (κ2) is 6.88. The van der Waals surface area contributed by atoms with E-state index in [0.29, 0.717) is 6.42 Å². The summed E-state index contributed by atoms with van der Waals surface area (Å²) in [5, 5.41) is 2.44. The van der Waals surface area contributed by atoms with E-state index in [0.717, 1.165) is 30.0 Å². The zero-order chi connectivity index (χ0) is 19.8. The molecule has 2 N–H and O–H groups in total. The molecule has 2 aromatic rings. The summed E-state index contributed by atoms with van der Waals surface area (Å²) < 4.78 is 64.0. The summed E-state index contributed by atoms with van der Waals surface area (Å²) >= 11 is 0. The number of hydrogen-bond donors (Lipinski definition) is 2. The van der Waals surface area contributed by atoms with Gasteiger partial charge in [0.25, 0.3) is 0 Å². The van der Waals surface area contributed by atoms with Crippen molar-refractivity contribution in [2.75, 3.05) is 16.3 Å². The van der Waals surface area contributed by atoms with Crippen LogP contribution >= 0.6 is 0 Å². The van der Waals surface area contributed by atoms with Gasteiger partial charge in [-0.05, 0) is 36.1 Å². The van der Waals surface area contributed by atoms with Crippen molar-refractivity contribution in [2.24, 2.45) is 5.92 Å². The Labute approximate surface area is 154 Å². The maximum absolute atomic E-state index is 13.0. The predicted octanol–water partition coefficient (Wildman–Crippen LogP) is 3.82. The third kappa shape index (κ3) is 4.79. The molecule has 9 heteroatoms. The van der Waals surface area contributed by atoms with Crippen molar-refractivity contribution in [3.8, 4) is 0 Å². The Hall–Kier alpha value is -2.55. The van der Waals surface area contributed by atoms with Crippen LogP contribution in [-0.2, 0) is 21.0 Å². The SMILES string of the molecule is CS(=O)(=O)Nc1ccc(C(F)(F)F)cc1NC(=O)[C@@H]1C[C@H]1c1ccccc1. The van der Waals surface area contributed by atoms with Crippen molar-refractivity contribution in [3.63, 3.8) is 0 Å². The molecule has 0 spiro atoms. The number of rotatable bonds is 5. The standard InChI is InChI=1S/C18H17F3N2O3S/c1-27(25,26)23-15-8-7-12(18(19,20)21)9-16(15)22-17(24)14-10-13(14)11-5-3-2-4-6-11/h2-9,13-14,23H,10H2,1H3,(H,22,24)/t13-,14+/m0/s1. The first-order valence-corrected chi connectivity index (χ1v) is 9.98. The third-order valence-electron chi connectivity index (χ3n) is 4.26. The summed E-state index contributed by atoms with van der Waals surface area (Å²) in [5.74, 6) is -0.809. The van der Waals surface area contributed by atoms with Crippen molar-refractivity contribution in [2.45, 2.75) is 18.5 Å². The van der Waals surface area contributed by atoms with Gasteiger partial charge in [0.2, 0.25) is 15.9 Å². The van der Waals surface area contributed by atoms with Crippen LogP contribution in [0.3, 0.4) is 0 Å². The van der Waals surface area contributed by atoms with Crippen molar-refractivity contribution >= 4 is 27.3 Å². The Kier molecular flexibility index (Phi) is 4.90. The van der Waals surface area contributed by atoms with Gasteiger partial charge < -0.3 is 5.32 Å². The first-order chi connectivity index (χ1) is 12.5. The van der Waals surface area contributed by atoms with E-state index in [2.05, 4.69) is 10.0 Å². The molecule has 2 aromatic carbocycles. The lowest BCUT2D eigenvalue weighted by molar-refractivity contribution is -0.137. The van der Waals surface area contributed by atoms with Crippen LogP contribution in [0.15, 0.2) is 48.5 Å². The number of alkyl halides is 3. The van der Waals surface area contributed by atoms with Crippen LogP contribution in [0.2, 0.25) is 0 Å². The molecule has 1 aliphatic carbocycles. The van der Waals surface area contributed by atoms with Crippen LogP contribution in [-0.4, -0.2) is 20.6 Å². The third-order valence-corrected chi connectivity index (χ3v) is 4.85.